The fraction of sp³-hybridized carbons (Fsp3) is 0.353. The van der Waals surface area contributed by atoms with E-state index in [9.17, 15) is 4.79 Å². The molecular formula is C17H22N6O2. The maximum absolute atomic E-state index is 12.2. The number of carbonyl (C=O) groups excluding carboxylic acids is 1. The van der Waals surface area contributed by atoms with E-state index in [-0.39, 0.29) is 12.1 Å². The van der Waals surface area contributed by atoms with Crippen molar-refractivity contribution in [3.8, 4) is 0 Å². The van der Waals surface area contributed by atoms with Crippen LogP contribution in [0.3, 0.4) is 0 Å². The zero-order chi connectivity index (χ0) is 18.0. The molecule has 3 rings (SSSR count). The number of fused-ring (bicyclic) bond motifs is 1. The molecule has 0 aliphatic rings. The van der Waals surface area contributed by atoms with Crippen molar-refractivity contribution in [1.82, 2.24) is 20.5 Å². The first-order chi connectivity index (χ1) is 11.9. The first-order valence-corrected chi connectivity index (χ1v) is 8.07. The summed E-state index contributed by atoms with van der Waals surface area (Å²) in [6.07, 6.45) is 0.659. The summed E-state index contributed by atoms with van der Waals surface area (Å²) in [6, 6.07) is 7.55. The van der Waals surface area contributed by atoms with Gasteiger partial charge in [-0.25, -0.2) is 4.79 Å². The Kier molecular flexibility index (Phi) is 4.60. The highest BCUT2D eigenvalue weighted by atomic mass is 16.4. The Morgan fingerprint density at radius 1 is 1.36 bits per heavy atom. The molecule has 0 aliphatic heterocycles. The summed E-state index contributed by atoms with van der Waals surface area (Å²) in [5, 5.41) is 12.8. The molecule has 2 amide bonds. The molecule has 0 aliphatic carbocycles. The van der Waals surface area contributed by atoms with Crippen molar-refractivity contribution in [2.75, 3.05) is 24.3 Å². The second kappa shape index (κ2) is 6.84. The van der Waals surface area contributed by atoms with E-state index in [0.29, 0.717) is 29.2 Å². The number of nitrogens with one attached hydrogen (secondary N) is 3. The molecule has 2 aromatic heterocycles. The Morgan fingerprint density at radius 3 is 2.84 bits per heavy atom. The summed E-state index contributed by atoms with van der Waals surface area (Å²) >= 11 is 0. The average molecular weight is 342 g/mol. The van der Waals surface area contributed by atoms with Gasteiger partial charge in [0, 0.05) is 37.9 Å². The van der Waals surface area contributed by atoms with Crippen molar-refractivity contribution < 1.29 is 9.21 Å². The van der Waals surface area contributed by atoms with E-state index in [4.69, 9.17) is 4.42 Å². The van der Waals surface area contributed by atoms with Crippen molar-refractivity contribution in [2.45, 2.75) is 26.3 Å². The summed E-state index contributed by atoms with van der Waals surface area (Å²) in [5.74, 6) is 0. The number of rotatable bonds is 5. The molecule has 3 aromatic rings. The molecule has 1 aromatic carbocycles. The number of aromatic nitrogens is 3. The monoisotopic (exact) mass is 342 g/mol. The third-order valence-corrected chi connectivity index (χ3v) is 3.67. The van der Waals surface area contributed by atoms with E-state index in [2.05, 4.69) is 25.8 Å². The highest BCUT2D eigenvalue weighted by Gasteiger charge is 2.12. The number of oxazole rings is 1. The van der Waals surface area contributed by atoms with E-state index >= 15 is 0 Å². The van der Waals surface area contributed by atoms with Crippen LogP contribution in [0.2, 0.25) is 0 Å². The van der Waals surface area contributed by atoms with Gasteiger partial charge in [-0.1, -0.05) is 0 Å². The standard InChI is InChI=1S/C17H22N6O2/c1-10(7-13-8-11(2)21-22-13)18-16(24)19-12-5-6-15-14(9-12)20-17(25-15)23(3)4/h5-6,8-10H,7H2,1-4H3,(H,21,22)(H2,18,19,24)/t10-/m1/s1. The molecule has 8 nitrogen and oxygen atoms in total. The van der Waals surface area contributed by atoms with E-state index in [0.717, 1.165) is 11.4 Å². The van der Waals surface area contributed by atoms with Gasteiger partial charge >= 0.3 is 6.03 Å². The summed E-state index contributed by atoms with van der Waals surface area (Å²) in [7, 11) is 3.72. The van der Waals surface area contributed by atoms with Gasteiger partial charge in [-0.05, 0) is 38.1 Å². The maximum Gasteiger partial charge on any atom is 0.319 e. The lowest BCUT2D eigenvalue weighted by molar-refractivity contribution is 0.249. The molecule has 3 N–H and O–H groups in total. The van der Waals surface area contributed by atoms with Gasteiger partial charge in [0.15, 0.2) is 5.58 Å². The van der Waals surface area contributed by atoms with Crippen LogP contribution < -0.4 is 15.5 Å². The number of urea groups is 1. The minimum Gasteiger partial charge on any atom is -0.423 e. The van der Waals surface area contributed by atoms with Gasteiger partial charge in [-0.3, -0.25) is 5.10 Å². The fourth-order valence-corrected chi connectivity index (χ4v) is 2.52. The van der Waals surface area contributed by atoms with Crippen LogP contribution in [-0.4, -0.2) is 41.3 Å². The van der Waals surface area contributed by atoms with Crippen LogP contribution in [0.15, 0.2) is 28.7 Å². The number of hydrogen-bond acceptors (Lipinski definition) is 5. The van der Waals surface area contributed by atoms with Crippen LogP contribution in [-0.2, 0) is 6.42 Å². The first kappa shape index (κ1) is 16.8. The molecule has 132 valence electrons. The van der Waals surface area contributed by atoms with Crippen molar-refractivity contribution in [1.29, 1.82) is 0 Å². The molecule has 0 fully saturated rings. The van der Waals surface area contributed by atoms with Crippen LogP contribution in [0, 0.1) is 6.92 Å². The minimum atomic E-state index is -0.268. The molecule has 0 radical (unpaired) electrons. The molecular weight excluding hydrogens is 320 g/mol. The Morgan fingerprint density at radius 2 is 2.16 bits per heavy atom. The number of nitrogens with zero attached hydrogens (tertiary/aromatic N) is 3. The smallest absolute Gasteiger partial charge is 0.319 e. The summed E-state index contributed by atoms with van der Waals surface area (Å²) in [5.41, 5.74) is 3.96. The molecule has 0 saturated carbocycles. The van der Waals surface area contributed by atoms with Crippen LogP contribution in [0.4, 0.5) is 16.5 Å². The van der Waals surface area contributed by atoms with E-state index in [1.54, 1.807) is 23.1 Å². The SMILES string of the molecule is Cc1cc(C[C@@H](C)NC(=O)Nc2ccc3oc(N(C)C)nc3c2)n[nH]1. The molecule has 0 spiro atoms. The second-order valence-corrected chi connectivity index (χ2v) is 6.32. The van der Waals surface area contributed by atoms with Gasteiger partial charge in [0.1, 0.15) is 5.52 Å². The van der Waals surface area contributed by atoms with Gasteiger partial charge in [-0.15, -0.1) is 0 Å². The molecule has 0 saturated heterocycles. The second-order valence-electron chi connectivity index (χ2n) is 6.32. The van der Waals surface area contributed by atoms with Crippen LogP contribution >= 0.6 is 0 Å². The fourth-order valence-electron chi connectivity index (χ4n) is 2.52. The van der Waals surface area contributed by atoms with Gasteiger partial charge in [-0.2, -0.15) is 10.1 Å². The van der Waals surface area contributed by atoms with E-state index in [1.807, 2.05) is 34.0 Å². The predicted octanol–water partition coefficient (Wildman–Crippen LogP) is 2.68. The third kappa shape index (κ3) is 4.09. The largest absolute Gasteiger partial charge is 0.423 e. The normalized spacial score (nSPS) is 12.2. The Bertz CT molecular complexity index is 882. The Hall–Kier alpha value is -3.03. The lowest BCUT2D eigenvalue weighted by Gasteiger charge is -2.13. The molecule has 0 bridgehead atoms. The molecule has 25 heavy (non-hydrogen) atoms. The zero-order valence-corrected chi connectivity index (χ0v) is 14.8. The van der Waals surface area contributed by atoms with Gasteiger partial charge < -0.3 is 20.0 Å². The van der Waals surface area contributed by atoms with Crippen LogP contribution in [0.5, 0.6) is 0 Å². The topological polar surface area (TPSA) is 99.1 Å². The number of anilines is 2. The van der Waals surface area contributed by atoms with Crippen molar-refractivity contribution in [3.05, 3.63) is 35.7 Å². The molecule has 1 atom stereocenters. The Labute approximate surface area is 145 Å². The maximum atomic E-state index is 12.2. The zero-order valence-electron chi connectivity index (χ0n) is 14.8. The van der Waals surface area contributed by atoms with Crippen LogP contribution in [0.1, 0.15) is 18.3 Å². The minimum absolute atomic E-state index is 0.0428. The number of aromatic amines is 1. The quantitative estimate of drug-likeness (QED) is 0.662. The molecule has 8 heteroatoms. The lowest BCUT2D eigenvalue weighted by atomic mass is 10.2. The lowest BCUT2D eigenvalue weighted by Crippen LogP contribution is -2.37. The summed E-state index contributed by atoms with van der Waals surface area (Å²) < 4.78 is 5.60. The molecule has 2 heterocycles. The number of aryl methyl sites for hydroxylation is 1. The van der Waals surface area contributed by atoms with Gasteiger partial charge in [0.25, 0.3) is 6.01 Å². The van der Waals surface area contributed by atoms with Gasteiger partial charge in [0.05, 0.1) is 5.69 Å². The van der Waals surface area contributed by atoms with Crippen LogP contribution in [0.25, 0.3) is 11.1 Å². The first-order valence-electron chi connectivity index (χ1n) is 8.07. The number of carbonyl (C=O) groups is 1. The van der Waals surface area contributed by atoms with E-state index < -0.39 is 0 Å². The highest BCUT2D eigenvalue weighted by Crippen LogP contribution is 2.23. The van der Waals surface area contributed by atoms with Crippen molar-refractivity contribution in [2.24, 2.45) is 0 Å². The molecule has 0 unspecified atom stereocenters. The van der Waals surface area contributed by atoms with E-state index in [1.165, 1.54) is 0 Å². The summed E-state index contributed by atoms with van der Waals surface area (Å²) in [6.45, 7) is 3.89. The number of H-pyrrole nitrogens is 1. The van der Waals surface area contributed by atoms with Gasteiger partial charge in [0.2, 0.25) is 0 Å². The third-order valence-electron chi connectivity index (χ3n) is 3.67. The van der Waals surface area contributed by atoms with Crippen molar-refractivity contribution >= 4 is 28.8 Å². The summed E-state index contributed by atoms with van der Waals surface area (Å²) in [4.78, 5) is 18.3. The number of benzene rings is 1. The predicted molar refractivity (Wildman–Crippen MR) is 97.0 cm³/mol. The number of hydrogen-bond donors (Lipinski definition) is 3. The highest BCUT2D eigenvalue weighted by molar-refractivity contribution is 5.91. The Balaban J connectivity index is 1.61. The number of amides is 2. The average Bonchev–Trinajstić information content (AvgIpc) is 3.12. The van der Waals surface area contributed by atoms with Crippen molar-refractivity contribution in [3.63, 3.8) is 0 Å².